The predicted molar refractivity (Wildman–Crippen MR) is 89.5 cm³/mol. The maximum Gasteiger partial charge on any atom is 0.237 e. The highest BCUT2D eigenvalue weighted by Crippen LogP contribution is 2.24. The van der Waals surface area contributed by atoms with E-state index < -0.39 is 0 Å². The third kappa shape index (κ3) is 3.93. The van der Waals surface area contributed by atoms with Crippen LogP contribution in [0, 0.1) is 0 Å². The van der Waals surface area contributed by atoms with Crippen molar-refractivity contribution in [2.24, 2.45) is 5.73 Å². The van der Waals surface area contributed by atoms with Gasteiger partial charge in [0.15, 0.2) is 0 Å². The van der Waals surface area contributed by atoms with Crippen molar-refractivity contribution >= 4 is 34.7 Å². The first-order chi connectivity index (χ1) is 10.0. The van der Waals surface area contributed by atoms with Gasteiger partial charge in [-0.3, -0.25) is 9.69 Å². The lowest BCUT2D eigenvalue weighted by Crippen LogP contribution is -2.48. The molecular formula is C15H20ClN3OS. The molecule has 21 heavy (non-hydrogen) atoms. The molecule has 0 saturated carbocycles. The highest BCUT2D eigenvalue weighted by Gasteiger charge is 2.28. The molecule has 1 atom stereocenters. The third-order valence-corrected chi connectivity index (χ3v) is 4.46. The highest BCUT2D eigenvalue weighted by atomic mass is 35.5. The summed E-state index contributed by atoms with van der Waals surface area (Å²) >= 11 is 11.3. The number of carbonyl (C=O) groups excluding carboxylic acids is 1. The molecule has 1 aliphatic heterocycles. The average Bonchev–Trinajstić information content (AvgIpc) is 2.49. The number of likely N-dealkylation sites (tertiary alicyclic amines) is 1. The quantitative estimate of drug-likeness (QED) is 0.832. The van der Waals surface area contributed by atoms with Crippen LogP contribution in [0.25, 0.3) is 0 Å². The zero-order valence-electron chi connectivity index (χ0n) is 12.1. The third-order valence-electron chi connectivity index (χ3n) is 3.87. The van der Waals surface area contributed by atoms with Crippen LogP contribution in [0.1, 0.15) is 30.4 Å². The van der Waals surface area contributed by atoms with Gasteiger partial charge in [-0.1, -0.05) is 42.4 Å². The molecule has 0 aliphatic carbocycles. The van der Waals surface area contributed by atoms with Crippen LogP contribution in [-0.2, 0) is 11.3 Å². The molecule has 1 unspecified atom stereocenters. The van der Waals surface area contributed by atoms with Crippen molar-refractivity contribution in [1.29, 1.82) is 0 Å². The van der Waals surface area contributed by atoms with Gasteiger partial charge in [-0.15, -0.1) is 0 Å². The van der Waals surface area contributed by atoms with Gasteiger partial charge in [0.05, 0.1) is 6.04 Å². The van der Waals surface area contributed by atoms with Crippen molar-refractivity contribution in [2.45, 2.75) is 31.8 Å². The summed E-state index contributed by atoms with van der Waals surface area (Å²) in [7, 11) is 1.68. The van der Waals surface area contributed by atoms with Crippen LogP contribution in [-0.4, -0.2) is 35.4 Å². The molecule has 0 spiro atoms. The molecule has 1 amide bonds. The number of nitrogens with one attached hydrogen (secondary N) is 1. The van der Waals surface area contributed by atoms with Crippen LogP contribution in [0.4, 0.5) is 0 Å². The second-order valence-corrected chi connectivity index (χ2v) is 6.11. The normalized spacial score (nSPS) is 19.2. The van der Waals surface area contributed by atoms with Gasteiger partial charge in [-0.25, -0.2) is 0 Å². The van der Waals surface area contributed by atoms with Gasteiger partial charge in [-0.05, 0) is 31.0 Å². The molecule has 1 heterocycles. The van der Waals surface area contributed by atoms with Crippen molar-refractivity contribution in [2.75, 3.05) is 13.6 Å². The monoisotopic (exact) mass is 325 g/mol. The van der Waals surface area contributed by atoms with Crippen LogP contribution in [0.5, 0.6) is 0 Å². The summed E-state index contributed by atoms with van der Waals surface area (Å²) in [5, 5.41) is 3.38. The molecule has 1 saturated heterocycles. The van der Waals surface area contributed by atoms with E-state index >= 15 is 0 Å². The van der Waals surface area contributed by atoms with Crippen LogP contribution in [0.15, 0.2) is 18.2 Å². The minimum absolute atomic E-state index is 0.0740. The zero-order valence-corrected chi connectivity index (χ0v) is 13.6. The van der Waals surface area contributed by atoms with E-state index in [2.05, 4.69) is 10.2 Å². The average molecular weight is 326 g/mol. The van der Waals surface area contributed by atoms with E-state index in [4.69, 9.17) is 29.6 Å². The lowest BCUT2D eigenvalue weighted by atomic mass is 10.00. The number of benzene rings is 1. The molecule has 4 nitrogen and oxygen atoms in total. The number of halogens is 1. The second-order valence-electron chi connectivity index (χ2n) is 5.27. The van der Waals surface area contributed by atoms with Crippen LogP contribution in [0.3, 0.4) is 0 Å². The second kappa shape index (κ2) is 7.20. The number of nitrogens with zero attached hydrogens (tertiary/aromatic N) is 1. The summed E-state index contributed by atoms with van der Waals surface area (Å²) in [4.78, 5) is 14.5. The molecule has 6 heteroatoms. The fourth-order valence-electron chi connectivity index (χ4n) is 2.69. The first-order valence-corrected chi connectivity index (χ1v) is 7.85. The standard InChI is InChI=1S/C15H20ClN3OS/c1-18-15(20)13-4-2-3-7-19(13)9-11-6-5-10(14(17)21)8-12(11)16/h5-6,8,13H,2-4,7,9H2,1H3,(H2,17,21)(H,18,20). The number of thiocarbonyl (C=S) groups is 1. The van der Waals surface area contributed by atoms with Crippen molar-refractivity contribution < 1.29 is 4.79 Å². The summed E-state index contributed by atoms with van der Waals surface area (Å²) in [5.74, 6) is 0.0746. The largest absolute Gasteiger partial charge is 0.389 e. The Morgan fingerprint density at radius 1 is 1.52 bits per heavy atom. The molecule has 1 fully saturated rings. The van der Waals surface area contributed by atoms with E-state index in [-0.39, 0.29) is 11.9 Å². The number of rotatable bonds is 4. The SMILES string of the molecule is CNC(=O)C1CCCCN1Cc1ccc(C(N)=S)cc1Cl. The first kappa shape index (κ1) is 16.2. The fourth-order valence-corrected chi connectivity index (χ4v) is 3.06. The van der Waals surface area contributed by atoms with Crippen molar-refractivity contribution in [3.63, 3.8) is 0 Å². The maximum absolute atomic E-state index is 12.0. The van der Waals surface area contributed by atoms with E-state index in [0.717, 1.165) is 36.9 Å². The van der Waals surface area contributed by atoms with Gasteiger partial charge < -0.3 is 11.1 Å². The summed E-state index contributed by atoms with van der Waals surface area (Å²) < 4.78 is 0. The lowest BCUT2D eigenvalue weighted by molar-refractivity contribution is -0.127. The summed E-state index contributed by atoms with van der Waals surface area (Å²) in [6.45, 7) is 1.57. The molecule has 3 N–H and O–H groups in total. The first-order valence-electron chi connectivity index (χ1n) is 7.07. The lowest BCUT2D eigenvalue weighted by Gasteiger charge is -2.34. The van der Waals surface area contributed by atoms with E-state index in [0.29, 0.717) is 16.6 Å². The van der Waals surface area contributed by atoms with E-state index in [1.54, 1.807) is 13.1 Å². The summed E-state index contributed by atoms with van der Waals surface area (Å²) in [6, 6.07) is 5.53. The number of amides is 1. The number of nitrogens with two attached hydrogens (primary N) is 1. The Kier molecular flexibility index (Phi) is 5.56. The number of carbonyl (C=O) groups is 1. The molecule has 1 aliphatic rings. The fraction of sp³-hybridized carbons (Fsp3) is 0.467. The molecule has 0 aromatic heterocycles. The van der Waals surface area contributed by atoms with Crippen molar-refractivity contribution in [3.05, 3.63) is 34.3 Å². The molecule has 0 bridgehead atoms. The molecule has 114 valence electrons. The minimum atomic E-state index is -0.0740. The van der Waals surface area contributed by atoms with Gasteiger partial charge >= 0.3 is 0 Å². The van der Waals surface area contributed by atoms with Gasteiger partial charge in [0.1, 0.15) is 4.99 Å². The Morgan fingerprint density at radius 3 is 2.90 bits per heavy atom. The molecular weight excluding hydrogens is 306 g/mol. The Hall–Kier alpha value is -1.17. The predicted octanol–water partition coefficient (Wildman–Crippen LogP) is 2.07. The molecule has 1 aromatic rings. The molecule has 0 radical (unpaired) electrons. The van der Waals surface area contributed by atoms with E-state index in [1.807, 2.05) is 12.1 Å². The van der Waals surface area contributed by atoms with Gasteiger partial charge in [0.25, 0.3) is 0 Å². The van der Waals surface area contributed by atoms with Crippen LogP contribution < -0.4 is 11.1 Å². The number of piperidine rings is 1. The van der Waals surface area contributed by atoms with Gasteiger partial charge in [-0.2, -0.15) is 0 Å². The molecule has 1 aromatic carbocycles. The maximum atomic E-state index is 12.0. The van der Waals surface area contributed by atoms with Crippen LogP contribution >= 0.6 is 23.8 Å². The van der Waals surface area contributed by atoms with E-state index in [9.17, 15) is 4.79 Å². The smallest absolute Gasteiger partial charge is 0.237 e. The van der Waals surface area contributed by atoms with Crippen LogP contribution in [0.2, 0.25) is 5.02 Å². The number of likely N-dealkylation sites (N-methyl/N-ethyl adjacent to an activating group) is 1. The Bertz CT molecular complexity index is 550. The Morgan fingerprint density at radius 2 is 2.29 bits per heavy atom. The van der Waals surface area contributed by atoms with E-state index in [1.165, 1.54) is 0 Å². The Balaban J connectivity index is 2.15. The summed E-state index contributed by atoms with van der Waals surface area (Å²) in [6.07, 6.45) is 3.08. The van der Waals surface area contributed by atoms with Crippen molar-refractivity contribution in [1.82, 2.24) is 10.2 Å². The minimum Gasteiger partial charge on any atom is -0.389 e. The Labute approximate surface area is 135 Å². The van der Waals surface area contributed by atoms with Gasteiger partial charge in [0.2, 0.25) is 5.91 Å². The van der Waals surface area contributed by atoms with Crippen molar-refractivity contribution in [3.8, 4) is 0 Å². The number of hydrogen-bond donors (Lipinski definition) is 2. The topological polar surface area (TPSA) is 58.4 Å². The summed E-state index contributed by atoms with van der Waals surface area (Å²) in [5.41, 5.74) is 7.36. The number of hydrogen-bond acceptors (Lipinski definition) is 3. The highest BCUT2D eigenvalue weighted by molar-refractivity contribution is 7.80. The molecule has 2 rings (SSSR count). The van der Waals surface area contributed by atoms with Gasteiger partial charge in [0, 0.05) is 24.2 Å². The zero-order chi connectivity index (χ0) is 15.4.